The average Bonchev–Trinajstić information content (AvgIpc) is 3.68. The molecule has 32 heavy (non-hydrogen) atoms. The first-order chi connectivity index (χ1) is 15.6. The molecule has 1 aliphatic heterocycles. The molecular weight excluding hydrogens is 410 g/mol. The molecule has 1 aromatic rings. The van der Waals surface area contributed by atoms with Crippen LogP contribution in [0.2, 0.25) is 0 Å². The van der Waals surface area contributed by atoms with Gasteiger partial charge in [0.05, 0.1) is 18.8 Å². The Labute approximate surface area is 189 Å². The first kappa shape index (κ1) is 22.7. The summed E-state index contributed by atoms with van der Waals surface area (Å²) >= 11 is 0. The van der Waals surface area contributed by atoms with Crippen LogP contribution in [0.1, 0.15) is 55.3 Å². The maximum absolute atomic E-state index is 12.5. The number of nitrogens with one attached hydrogen (secondary N) is 2. The summed E-state index contributed by atoms with van der Waals surface area (Å²) in [6, 6.07) is 6.62. The number of esters is 1. The lowest BCUT2D eigenvalue weighted by Gasteiger charge is -2.48. The molecule has 2 amide bonds. The first-order valence-electron chi connectivity index (χ1n) is 11.7. The minimum Gasteiger partial charge on any atom is -0.452 e. The molecule has 0 spiro atoms. The van der Waals surface area contributed by atoms with E-state index in [1.807, 2.05) is 0 Å². The van der Waals surface area contributed by atoms with Crippen LogP contribution in [-0.4, -0.2) is 67.7 Å². The maximum atomic E-state index is 12.5. The van der Waals surface area contributed by atoms with Crippen LogP contribution in [0.3, 0.4) is 0 Å². The Morgan fingerprint density at radius 1 is 1.09 bits per heavy atom. The summed E-state index contributed by atoms with van der Waals surface area (Å²) in [5, 5.41) is 5.81. The summed E-state index contributed by atoms with van der Waals surface area (Å²) in [6.45, 7) is 3.47. The van der Waals surface area contributed by atoms with Gasteiger partial charge in [-0.15, -0.1) is 0 Å². The van der Waals surface area contributed by atoms with E-state index in [2.05, 4.69) is 15.5 Å². The van der Waals surface area contributed by atoms with Gasteiger partial charge in [-0.3, -0.25) is 14.5 Å². The molecule has 0 bridgehead atoms. The van der Waals surface area contributed by atoms with E-state index in [0.717, 1.165) is 64.8 Å². The van der Waals surface area contributed by atoms with Crippen molar-refractivity contribution >= 4 is 23.5 Å². The Balaban J connectivity index is 1.26. The minimum atomic E-state index is -0.580. The van der Waals surface area contributed by atoms with Crippen molar-refractivity contribution in [3.8, 4) is 0 Å². The molecule has 0 radical (unpaired) electrons. The van der Waals surface area contributed by atoms with Crippen molar-refractivity contribution in [1.82, 2.24) is 10.2 Å². The summed E-state index contributed by atoms with van der Waals surface area (Å²) in [6.07, 6.45) is 7.51. The summed E-state index contributed by atoms with van der Waals surface area (Å²) in [5.74, 6) is -0.816. The van der Waals surface area contributed by atoms with E-state index in [1.165, 1.54) is 6.42 Å². The number of benzene rings is 1. The quantitative estimate of drug-likeness (QED) is 0.599. The molecule has 0 unspecified atom stereocenters. The Kier molecular flexibility index (Phi) is 7.42. The van der Waals surface area contributed by atoms with Crippen molar-refractivity contribution in [2.45, 2.75) is 50.5 Å². The van der Waals surface area contributed by atoms with Gasteiger partial charge in [-0.05, 0) is 43.9 Å². The SMILES string of the molecule is O=C(COC(=O)c1cccc(NC(=O)C2CC2)c1)NCC1(N2CCOCC2)CCCCC1. The second-order valence-corrected chi connectivity index (χ2v) is 9.08. The summed E-state index contributed by atoms with van der Waals surface area (Å²) in [7, 11) is 0. The molecule has 174 valence electrons. The van der Waals surface area contributed by atoms with Gasteiger partial charge in [-0.1, -0.05) is 25.3 Å². The third kappa shape index (κ3) is 5.86. The van der Waals surface area contributed by atoms with Gasteiger partial charge in [-0.25, -0.2) is 4.79 Å². The van der Waals surface area contributed by atoms with Crippen LogP contribution < -0.4 is 10.6 Å². The Hall–Kier alpha value is -2.45. The number of hydrogen-bond acceptors (Lipinski definition) is 6. The van der Waals surface area contributed by atoms with E-state index in [-0.39, 0.29) is 29.9 Å². The number of morpholine rings is 1. The van der Waals surface area contributed by atoms with E-state index in [1.54, 1.807) is 24.3 Å². The Bertz CT molecular complexity index is 827. The standard InChI is InChI=1S/C24H33N3O5/c28-21(25-17-24(9-2-1-3-10-24)27-11-13-31-14-12-27)16-32-23(30)19-5-4-6-20(15-19)26-22(29)18-7-8-18/h4-6,15,18H,1-3,7-14,16-17H2,(H,25,28)(H,26,29). The molecule has 3 fully saturated rings. The minimum absolute atomic E-state index is 0.0215. The van der Waals surface area contributed by atoms with Crippen LogP contribution in [-0.2, 0) is 19.1 Å². The fraction of sp³-hybridized carbons (Fsp3) is 0.625. The largest absolute Gasteiger partial charge is 0.452 e. The van der Waals surface area contributed by atoms with Gasteiger partial charge in [0.25, 0.3) is 5.91 Å². The number of amides is 2. The zero-order chi connectivity index (χ0) is 22.4. The van der Waals surface area contributed by atoms with Crippen molar-refractivity contribution in [3.63, 3.8) is 0 Å². The molecule has 2 N–H and O–H groups in total. The van der Waals surface area contributed by atoms with Gasteiger partial charge in [0.1, 0.15) is 0 Å². The highest BCUT2D eigenvalue weighted by Crippen LogP contribution is 2.34. The molecule has 4 rings (SSSR count). The maximum Gasteiger partial charge on any atom is 0.338 e. The fourth-order valence-corrected chi connectivity index (χ4v) is 4.69. The number of nitrogens with zero attached hydrogens (tertiary/aromatic N) is 1. The lowest BCUT2D eigenvalue weighted by atomic mass is 9.79. The van der Waals surface area contributed by atoms with Crippen LogP contribution in [0.25, 0.3) is 0 Å². The highest BCUT2D eigenvalue weighted by atomic mass is 16.5. The van der Waals surface area contributed by atoms with Crippen molar-refractivity contribution in [1.29, 1.82) is 0 Å². The zero-order valence-corrected chi connectivity index (χ0v) is 18.6. The molecule has 3 aliphatic rings. The van der Waals surface area contributed by atoms with Crippen molar-refractivity contribution < 1.29 is 23.9 Å². The van der Waals surface area contributed by atoms with Gasteiger partial charge in [-0.2, -0.15) is 0 Å². The molecule has 1 heterocycles. The van der Waals surface area contributed by atoms with Gasteiger partial charge >= 0.3 is 5.97 Å². The van der Waals surface area contributed by atoms with E-state index in [9.17, 15) is 14.4 Å². The number of ether oxygens (including phenoxy) is 2. The average molecular weight is 444 g/mol. The number of anilines is 1. The second-order valence-electron chi connectivity index (χ2n) is 9.08. The van der Waals surface area contributed by atoms with E-state index < -0.39 is 5.97 Å². The van der Waals surface area contributed by atoms with Crippen molar-refractivity contribution in [2.24, 2.45) is 5.92 Å². The topological polar surface area (TPSA) is 97.0 Å². The van der Waals surface area contributed by atoms with Crippen LogP contribution in [0.5, 0.6) is 0 Å². The lowest BCUT2D eigenvalue weighted by molar-refractivity contribution is -0.125. The Morgan fingerprint density at radius 2 is 1.84 bits per heavy atom. The normalized spacial score (nSPS) is 20.9. The molecule has 1 aromatic carbocycles. The smallest absolute Gasteiger partial charge is 0.338 e. The number of hydrogen-bond donors (Lipinski definition) is 2. The molecule has 0 atom stereocenters. The number of rotatable bonds is 8. The predicted octanol–water partition coefficient (Wildman–Crippen LogP) is 2.34. The molecule has 8 heteroatoms. The van der Waals surface area contributed by atoms with Crippen LogP contribution >= 0.6 is 0 Å². The van der Waals surface area contributed by atoms with Gasteiger partial charge in [0.15, 0.2) is 6.61 Å². The summed E-state index contributed by atoms with van der Waals surface area (Å²) in [4.78, 5) is 39.2. The third-order valence-electron chi connectivity index (χ3n) is 6.73. The molecule has 2 aliphatic carbocycles. The molecule has 0 aromatic heterocycles. The molecule has 8 nitrogen and oxygen atoms in total. The van der Waals surface area contributed by atoms with E-state index in [0.29, 0.717) is 17.8 Å². The molecular formula is C24H33N3O5. The number of carbonyl (C=O) groups is 3. The van der Waals surface area contributed by atoms with Gasteiger partial charge in [0, 0.05) is 36.8 Å². The van der Waals surface area contributed by atoms with Crippen molar-refractivity contribution in [2.75, 3.05) is 44.8 Å². The van der Waals surface area contributed by atoms with Crippen LogP contribution in [0, 0.1) is 5.92 Å². The summed E-state index contributed by atoms with van der Waals surface area (Å²) in [5.41, 5.74) is 0.838. The molecule has 1 saturated heterocycles. The number of carbonyl (C=O) groups excluding carboxylic acids is 3. The highest BCUT2D eigenvalue weighted by Gasteiger charge is 2.38. The fourth-order valence-electron chi connectivity index (χ4n) is 4.69. The van der Waals surface area contributed by atoms with Gasteiger partial charge < -0.3 is 20.1 Å². The van der Waals surface area contributed by atoms with Crippen LogP contribution in [0.15, 0.2) is 24.3 Å². The highest BCUT2D eigenvalue weighted by molar-refractivity contribution is 5.96. The van der Waals surface area contributed by atoms with E-state index in [4.69, 9.17) is 9.47 Å². The molecule has 2 saturated carbocycles. The zero-order valence-electron chi connectivity index (χ0n) is 18.6. The van der Waals surface area contributed by atoms with E-state index >= 15 is 0 Å². The predicted molar refractivity (Wildman–Crippen MR) is 119 cm³/mol. The summed E-state index contributed by atoms with van der Waals surface area (Å²) < 4.78 is 10.7. The van der Waals surface area contributed by atoms with Gasteiger partial charge in [0.2, 0.25) is 5.91 Å². The lowest BCUT2D eigenvalue weighted by Crippen LogP contribution is -2.59. The van der Waals surface area contributed by atoms with Crippen molar-refractivity contribution in [3.05, 3.63) is 29.8 Å². The second kappa shape index (κ2) is 10.4. The Morgan fingerprint density at radius 3 is 2.56 bits per heavy atom. The first-order valence-corrected chi connectivity index (χ1v) is 11.7. The van der Waals surface area contributed by atoms with Crippen LogP contribution in [0.4, 0.5) is 5.69 Å². The third-order valence-corrected chi connectivity index (χ3v) is 6.73. The monoisotopic (exact) mass is 443 g/mol.